The molecule has 0 saturated carbocycles. The highest BCUT2D eigenvalue weighted by Gasteiger charge is 2.28. The Morgan fingerprint density at radius 2 is 2.20 bits per heavy atom. The smallest absolute Gasteiger partial charge is 0.241 e. The molecular weight excluding hydrogens is 254 g/mol. The number of nitrogens with one attached hydrogen (secondary N) is 1. The Bertz CT molecular complexity index is 450. The molecule has 1 heterocycles. The van der Waals surface area contributed by atoms with Gasteiger partial charge in [-0.15, -0.1) is 0 Å². The summed E-state index contributed by atoms with van der Waals surface area (Å²) in [4.78, 5) is 14.5. The van der Waals surface area contributed by atoms with E-state index in [2.05, 4.69) is 16.3 Å². The van der Waals surface area contributed by atoms with E-state index in [1.54, 1.807) is 7.11 Å². The molecule has 5 nitrogen and oxygen atoms in total. The number of hydrogen-bond donors (Lipinski definition) is 2. The van der Waals surface area contributed by atoms with Gasteiger partial charge in [-0.25, -0.2) is 0 Å². The van der Waals surface area contributed by atoms with Gasteiger partial charge in [0, 0.05) is 32.4 Å². The summed E-state index contributed by atoms with van der Waals surface area (Å²) in [6.07, 6.45) is 1.71. The number of carbonyl (C=O) groups is 1. The second-order valence-corrected chi connectivity index (χ2v) is 5.02. The highest BCUT2D eigenvalue weighted by Crippen LogP contribution is 2.23. The van der Waals surface area contributed by atoms with Crippen molar-refractivity contribution in [2.24, 2.45) is 5.73 Å². The first-order valence-corrected chi connectivity index (χ1v) is 7.08. The number of rotatable bonds is 6. The molecule has 0 aromatic heterocycles. The van der Waals surface area contributed by atoms with Crippen LogP contribution in [0.2, 0.25) is 0 Å². The number of amides is 1. The largest absolute Gasteiger partial charge is 0.383 e. The van der Waals surface area contributed by atoms with Crippen LogP contribution in [-0.2, 0) is 16.0 Å². The maximum atomic E-state index is 12.4. The van der Waals surface area contributed by atoms with E-state index in [1.165, 1.54) is 5.56 Å². The van der Waals surface area contributed by atoms with Crippen molar-refractivity contribution >= 4 is 11.6 Å². The Kier molecular flexibility index (Phi) is 5.52. The van der Waals surface area contributed by atoms with Gasteiger partial charge in [-0.3, -0.25) is 9.69 Å². The normalized spacial score (nSPS) is 18.6. The first-order chi connectivity index (χ1) is 9.76. The number of fused-ring (bicyclic) bond motifs is 1. The molecule has 1 aliphatic rings. The first-order valence-electron chi connectivity index (χ1n) is 7.08. The number of nitrogens with two attached hydrogens (primary N) is 1. The number of anilines is 1. The maximum Gasteiger partial charge on any atom is 0.241 e. The van der Waals surface area contributed by atoms with Gasteiger partial charge < -0.3 is 15.8 Å². The lowest BCUT2D eigenvalue weighted by Gasteiger charge is -2.29. The van der Waals surface area contributed by atoms with Gasteiger partial charge in [0.2, 0.25) is 5.91 Å². The quantitative estimate of drug-likeness (QED) is 0.809. The predicted octanol–water partition coefficient (Wildman–Crippen LogP) is 0.847. The molecule has 1 aliphatic heterocycles. The van der Waals surface area contributed by atoms with Crippen molar-refractivity contribution in [3.63, 3.8) is 0 Å². The van der Waals surface area contributed by atoms with Crippen LogP contribution >= 0.6 is 0 Å². The average molecular weight is 277 g/mol. The second-order valence-electron chi connectivity index (χ2n) is 5.02. The molecule has 3 N–H and O–H groups in total. The second kappa shape index (κ2) is 7.38. The van der Waals surface area contributed by atoms with E-state index in [1.807, 2.05) is 18.2 Å². The van der Waals surface area contributed by atoms with Crippen molar-refractivity contribution in [3.05, 3.63) is 29.8 Å². The minimum absolute atomic E-state index is 0.0551. The molecular formula is C15H23N3O2. The van der Waals surface area contributed by atoms with Gasteiger partial charge in [-0.1, -0.05) is 18.2 Å². The van der Waals surface area contributed by atoms with Gasteiger partial charge in [-0.2, -0.15) is 0 Å². The van der Waals surface area contributed by atoms with Crippen molar-refractivity contribution < 1.29 is 9.53 Å². The van der Waals surface area contributed by atoms with Crippen LogP contribution in [0.1, 0.15) is 12.0 Å². The van der Waals surface area contributed by atoms with Crippen molar-refractivity contribution in [2.75, 3.05) is 38.7 Å². The zero-order valence-corrected chi connectivity index (χ0v) is 12.0. The topological polar surface area (TPSA) is 67.6 Å². The Balaban J connectivity index is 2.10. The van der Waals surface area contributed by atoms with Crippen LogP contribution in [-0.4, -0.2) is 50.2 Å². The van der Waals surface area contributed by atoms with Crippen molar-refractivity contribution in [1.82, 2.24) is 4.90 Å². The van der Waals surface area contributed by atoms with E-state index in [4.69, 9.17) is 10.5 Å². The minimum atomic E-state index is -0.138. The summed E-state index contributed by atoms with van der Waals surface area (Å²) in [5, 5.41) is 3.03. The molecule has 110 valence electrons. The lowest BCUT2D eigenvalue weighted by atomic mass is 10.0. The molecule has 1 amide bonds. The SMILES string of the molecule is COCCN(CCN)C1CCc2ccccc2NC1=O. The van der Waals surface area contributed by atoms with Crippen LogP contribution in [0.4, 0.5) is 5.69 Å². The highest BCUT2D eigenvalue weighted by atomic mass is 16.5. The van der Waals surface area contributed by atoms with Crippen molar-refractivity contribution in [2.45, 2.75) is 18.9 Å². The molecule has 1 unspecified atom stereocenters. The number of methoxy groups -OCH3 is 1. The Morgan fingerprint density at radius 3 is 2.95 bits per heavy atom. The molecule has 0 fully saturated rings. The molecule has 2 rings (SSSR count). The molecule has 1 aromatic rings. The Labute approximate surface area is 120 Å². The molecule has 5 heteroatoms. The number of aryl methyl sites for hydroxylation is 1. The van der Waals surface area contributed by atoms with Crippen LogP contribution in [0, 0.1) is 0 Å². The summed E-state index contributed by atoms with van der Waals surface area (Å²) in [7, 11) is 1.67. The van der Waals surface area contributed by atoms with Gasteiger partial charge in [0.25, 0.3) is 0 Å². The molecule has 0 radical (unpaired) electrons. The van der Waals surface area contributed by atoms with E-state index in [9.17, 15) is 4.79 Å². The third kappa shape index (κ3) is 3.56. The first kappa shape index (κ1) is 15.0. The van der Waals surface area contributed by atoms with Gasteiger partial charge >= 0.3 is 0 Å². The fraction of sp³-hybridized carbons (Fsp3) is 0.533. The summed E-state index contributed by atoms with van der Waals surface area (Å²) < 4.78 is 5.12. The molecule has 0 saturated heterocycles. The Morgan fingerprint density at radius 1 is 1.40 bits per heavy atom. The average Bonchev–Trinajstić information content (AvgIpc) is 2.62. The summed E-state index contributed by atoms with van der Waals surface area (Å²) in [5.41, 5.74) is 7.79. The number of carbonyl (C=O) groups excluding carboxylic acids is 1. The molecule has 1 aromatic carbocycles. The summed E-state index contributed by atoms with van der Waals surface area (Å²) in [6, 6.07) is 7.84. The van der Waals surface area contributed by atoms with E-state index < -0.39 is 0 Å². The summed E-state index contributed by atoms with van der Waals surface area (Å²) >= 11 is 0. The molecule has 20 heavy (non-hydrogen) atoms. The minimum Gasteiger partial charge on any atom is -0.383 e. The van der Waals surface area contributed by atoms with E-state index in [0.29, 0.717) is 19.7 Å². The summed E-state index contributed by atoms with van der Waals surface area (Å²) in [5.74, 6) is 0.0551. The summed E-state index contributed by atoms with van der Waals surface area (Å²) in [6.45, 7) is 2.58. The monoisotopic (exact) mass is 277 g/mol. The standard InChI is InChI=1S/C15H23N3O2/c1-20-11-10-18(9-8-16)14-7-6-12-4-2-3-5-13(12)17-15(14)19/h2-5,14H,6-11,16H2,1H3,(H,17,19). The van der Waals surface area contributed by atoms with E-state index >= 15 is 0 Å². The van der Waals surface area contributed by atoms with Gasteiger partial charge in [0.05, 0.1) is 12.6 Å². The third-order valence-electron chi connectivity index (χ3n) is 3.70. The van der Waals surface area contributed by atoms with Crippen molar-refractivity contribution in [1.29, 1.82) is 0 Å². The van der Waals surface area contributed by atoms with Crippen LogP contribution < -0.4 is 11.1 Å². The van der Waals surface area contributed by atoms with Gasteiger partial charge in [0.15, 0.2) is 0 Å². The van der Waals surface area contributed by atoms with Crippen LogP contribution in [0.25, 0.3) is 0 Å². The number of para-hydroxylation sites is 1. The van der Waals surface area contributed by atoms with Gasteiger partial charge in [0.1, 0.15) is 0 Å². The molecule has 0 aliphatic carbocycles. The zero-order chi connectivity index (χ0) is 14.4. The number of hydrogen-bond acceptors (Lipinski definition) is 4. The maximum absolute atomic E-state index is 12.4. The fourth-order valence-corrected chi connectivity index (χ4v) is 2.65. The number of ether oxygens (including phenoxy) is 1. The molecule has 0 spiro atoms. The third-order valence-corrected chi connectivity index (χ3v) is 3.70. The number of nitrogens with zero attached hydrogens (tertiary/aromatic N) is 1. The van der Waals surface area contributed by atoms with Crippen LogP contribution in [0.3, 0.4) is 0 Å². The highest BCUT2D eigenvalue weighted by molar-refractivity contribution is 5.96. The lowest BCUT2D eigenvalue weighted by molar-refractivity contribution is -0.121. The van der Waals surface area contributed by atoms with Crippen molar-refractivity contribution in [3.8, 4) is 0 Å². The fourth-order valence-electron chi connectivity index (χ4n) is 2.65. The molecule has 1 atom stereocenters. The van der Waals surface area contributed by atoms with Crippen LogP contribution in [0.5, 0.6) is 0 Å². The van der Waals surface area contributed by atoms with E-state index in [-0.39, 0.29) is 11.9 Å². The zero-order valence-electron chi connectivity index (χ0n) is 12.0. The van der Waals surface area contributed by atoms with Gasteiger partial charge in [-0.05, 0) is 24.5 Å². The molecule has 0 bridgehead atoms. The van der Waals surface area contributed by atoms with E-state index in [0.717, 1.165) is 25.1 Å². The van der Waals surface area contributed by atoms with Crippen LogP contribution in [0.15, 0.2) is 24.3 Å². The predicted molar refractivity (Wildman–Crippen MR) is 79.7 cm³/mol. The Hall–Kier alpha value is -1.43. The number of benzene rings is 1. The lowest BCUT2D eigenvalue weighted by Crippen LogP contribution is -2.47.